The van der Waals surface area contributed by atoms with Crippen molar-refractivity contribution in [1.29, 1.82) is 0 Å². The van der Waals surface area contributed by atoms with Crippen LogP contribution in [0.15, 0.2) is 188 Å². The fourth-order valence-electron chi connectivity index (χ4n) is 18.4. The molecule has 1 aliphatic heterocycles. The van der Waals surface area contributed by atoms with E-state index in [2.05, 4.69) is 252 Å². The van der Waals surface area contributed by atoms with E-state index in [1.54, 1.807) is 8.79 Å². The maximum atomic E-state index is 6.33. The average molecular weight is 1860 g/mol. The van der Waals surface area contributed by atoms with Crippen LogP contribution < -0.4 is 27.7 Å². The zero-order chi connectivity index (χ0) is 92.2. The number of nitrogens with zero attached hydrogens (tertiary/aromatic N) is 4. The molecule has 0 spiro atoms. The van der Waals surface area contributed by atoms with Crippen molar-refractivity contribution in [3.63, 3.8) is 0 Å². The van der Waals surface area contributed by atoms with Crippen molar-refractivity contribution in [2.24, 2.45) is 59.2 Å². The molecular weight excluding hydrogens is 1710 g/mol. The Kier molecular flexibility index (Phi) is 37.3. The number of hydrogen-bond donors (Lipinski definition) is 0. The fraction of sp³-hybridized carbons (Fsp3) is 0.483. The molecule has 0 radical (unpaired) electrons. The summed E-state index contributed by atoms with van der Waals surface area (Å²) in [6.07, 6.45) is 28.8. The predicted molar refractivity (Wildman–Crippen MR) is 549 cm³/mol. The number of ether oxygens (including phenoxy) is 4. The van der Waals surface area contributed by atoms with Gasteiger partial charge in [0.25, 0.3) is 0 Å². The molecule has 0 saturated carbocycles. The third-order valence-corrected chi connectivity index (χ3v) is 41.2. The molecule has 12 nitrogen and oxygen atoms in total. The number of benzene rings is 6. The molecule has 7 heterocycles. The second-order valence-electron chi connectivity index (χ2n) is 39.8. The molecule has 6 aromatic heterocycles. The number of unbranched alkanes of at least 4 members (excludes halogenated alkanes) is 2. The van der Waals surface area contributed by atoms with Crippen LogP contribution in [0.25, 0.3) is 100 Å². The van der Waals surface area contributed by atoms with Crippen LogP contribution in [0, 0.1) is 82.9 Å². The molecule has 1 aliphatic rings. The predicted octanol–water partition coefficient (Wildman–Crippen LogP) is 32.8. The first-order valence-corrected chi connectivity index (χ1v) is 56.7. The van der Waals surface area contributed by atoms with E-state index in [9.17, 15) is 0 Å². The Morgan fingerprint density at radius 2 is 0.557 bits per heavy atom. The number of rotatable bonds is 52. The summed E-state index contributed by atoms with van der Waals surface area (Å²) < 4.78 is 53.7. The molecule has 0 aliphatic carbocycles. The van der Waals surface area contributed by atoms with E-state index in [1.165, 1.54) is 136 Å². The molecule has 0 amide bonds. The van der Waals surface area contributed by atoms with E-state index in [4.69, 9.17) is 37.0 Å². The monoisotopic (exact) mass is 1860 g/mol. The molecule has 15 heteroatoms. The van der Waals surface area contributed by atoms with Crippen molar-refractivity contribution in [2.45, 2.75) is 275 Å². The summed E-state index contributed by atoms with van der Waals surface area (Å²) in [5, 5.41) is 21.2. The standard InChI is InChI=1S/C116H146GeN4O8S2/c1-17-21-35-87(19-3)77-117(78-88(20-4)36-22-18-2)105-71-103(55-37-89-65-95(111-73-107(118-126-111)91-39-47-99(48-40-91)122-61-57-83(13)31-23-27-79(5)6)69-96(66-89)112-74-108(119-127-112)92-41-49-100(50-42-92)123-62-58-84(14)32-24-28-80(7)8)130-115(105)116-106(117)72-104(131-116)56-38-90-67-97(113-75-109(120-128-113)93-43-51-101(52-44-93)124-63-59-85(15)33-25-29-81(9)10)70-98(68-90)114-76-110(121-129-114)94-45-53-102(54-46-94)125-64-60-86(16)34-26-30-82(11)12/h39-54,65-76,79-88H,17-36,57-64,77-78H2,1-16H3/t83-,84-,85-,86-,87?,88?/m0/s1. The Balaban J connectivity index is 0.832. The van der Waals surface area contributed by atoms with Gasteiger partial charge in [0.05, 0.1) is 26.4 Å². The van der Waals surface area contributed by atoms with E-state index in [0.717, 1.165) is 173 Å². The zero-order valence-corrected chi connectivity index (χ0v) is 85.3. The van der Waals surface area contributed by atoms with Crippen LogP contribution in [0.1, 0.15) is 286 Å². The molecule has 6 atom stereocenters. The maximum absolute atomic E-state index is 6.33. The minimum absolute atomic E-state index is 0.607. The summed E-state index contributed by atoms with van der Waals surface area (Å²) in [5.41, 5.74) is 11.6. The molecule has 0 N–H and O–H groups in total. The summed E-state index contributed by atoms with van der Waals surface area (Å²) in [5.74, 6) is 27.7. The van der Waals surface area contributed by atoms with E-state index in [1.807, 2.05) is 95.5 Å². The summed E-state index contributed by atoms with van der Waals surface area (Å²) in [6.45, 7) is 40.1. The first-order valence-electron chi connectivity index (χ1n) is 50.0. The average Bonchev–Trinajstić information content (AvgIpc) is 1.54. The van der Waals surface area contributed by atoms with E-state index in [0.29, 0.717) is 85.0 Å². The summed E-state index contributed by atoms with van der Waals surface area (Å²) in [7, 11) is 0. The molecule has 2 unspecified atom stereocenters. The normalized spacial score (nSPS) is 13.7. The van der Waals surface area contributed by atoms with Crippen molar-refractivity contribution in [3.8, 4) is 147 Å². The number of fused-ring (bicyclic) bond motifs is 3. The van der Waals surface area contributed by atoms with Gasteiger partial charge in [0.1, 0.15) is 23.0 Å². The first kappa shape index (κ1) is 98.9. The zero-order valence-electron chi connectivity index (χ0n) is 81.5. The second kappa shape index (κ2) is 49.4. The molecule has 131 heavy (non-hydrogen) atoms. The van der Waals surface area contributed by atoms with Crippen LogP contribution in [0.5, 0.6) is 23.0 Å². The quantitative estimate of drug-likeness (QED) is 0.0265. The molecule has 0 fully saturated rings. The van der Waals surface area contributed by atoms with Gasteiger partial charge < -0.3 is 18.9 Å². The number of hydrogen-bond acceptors (Lipinski definition) is 14. The van der Waals surface area contributed by atoms with Gasteiger partial charge in [-0.1, -0.05) is 160 Å². The van der Waals surface area contributed by atoms with Crippen molar-refractivity contribution < 1.29 is 37.0 Å². The van der Waals surface area contributed by atoms with Crippen LogP contribution in [0.3, 0.4) is 0 Å². The van der Waals surface area contributed by atoms with Gasteiger partial charge in [-0.2, -0.15) is 0 Å². The van der Waals surface area contributed by atoms with Gasteiger partial charge in [-0.15, -0.1) is 0 Å². The first-order chi connectivity index (χ1) is 63.6. The van der Waals surface area contributed by atoms with Crippen LogP contribution in [-0.2, 0) is 0 Å². The molecule has 0 bridgehead atoms. The van der Waals surface area contributed by atoms with Gasteiger partial charge in [-0.05, 0) is 170 Å². The molecule has 13 rings (SSSR count). The molecule has 694 valence electrons. The van der Waals surface area contributed by atoms with E-state index >= 15 is 0 Å². The van der Waals surface area contributed by atoms with Crippen LogP contribution in [0.4, 0.5) is 0 Å². The van der Waals surface area contributed by atoms with E-state index in [-0.39, 0.29) is 0 Å². The Morgan fingerprint density at radius 3 is 0.802 bits per heavy atom. The summed E-state index contributed by atoms with van der Waals surface area (Å²) in [4.78, 5) is 4.93. The van der Waals surface area contributed by atoms with Gasteiger partial charge >= 0.3 is 402 Å². The van der Waals surface area contributed by atoms with Crippen LogP contribution in [0.2, 0.25) is 10.5 Å². The Hall–Kier alpha value is -9.58. The van der Waals surface area contributed by atoms with Crippen LogP contribution in [-0.4, -0.2) is 60.3 Å². The Morgan fingerprint density at radius 1 is 0.290 bits per heavy atom. The molecular formula is C116H146GeN4O8S2. The SMILES string of the molecule is CCCCC(CC)[CH2][Ge]1([CH2]C(CC)CCCC)[c]2cc(C#Cc3cc(-c4cc(-c5ccc(OCC[C@@H](C)CCCC(C)C)cc5)no4)cc(-c4cc(-c5ccc(OCC[C@@H](C)CCCC(C)C)cc5)no4)c3)sc2-c2sc(C#Cc3cc(-c4cc(-c5ccc(OCC[C@@H](C)CCCC(C)C)cc5)no4)cc(-c4cc(-c5ccc(OCC[C@@H](C)CCCC(C)C)cc5)no4)c3)c[c]21. The van der Waals surface area contributed by atoms with Crippen molar-refractivity contribution in [1.82, 2.24) is 20.6 Å². The van der Waals surface area contributed by atoms with Gasteiger partial charge in [0.2, 0.25) is 0 Å². The van der Waals surface area contributed by atoms with Gasteiger partial charge in [0.15, 0.2) is 0 Å². The van der Waals surface area contributed by atoms with Gasteiger partial charge in [-0.3, -0.25) is 0 Å². The molecule has 12 aromatic rings. The van der Waals surface area contributed by atoms with E-state index < -0.39 is 13.3 Å². The number of thiophene rings is 2. The minimum atomic E-state index is -3.33. The summed E-state index contributed by atoms with van der Waals surface area (Å²) >= 11 is 0.407. The van der Waals surface area contributed by atoms with Crippen molar-refractivity contribution >= 4 is 44.7 Å². The topological polar surface area (TPSA) is 141 Å². The second-order valence-corrected chi connectivity index (χ2v) is 50.4. The summed E-state index contributed by atoms with van der Waals surface area (Å²) in [6, 6.07) is 58.8. The third-order valence-electron chi connectivity index (χ3n) is 26.8. The van der Waals surface area contributed by atoms with Crippen molar-refractivity contribution in [3.05, 3.63) is 191 Å². The molecule has 0 saturated heterocycles. The van der Waals surface area contributed by atoms with Crippen molar-refractivity contribution in [2.75, 3.05) is 26.4 Å². The Labute approximate surface area is 795 Å². The van der Waals surface area contributed by atoms with Gasteiger partial charge in [-0.25, -0.2) is 0 Å². The molecule has 6 aromatic carbocycles. The van der Waals surface area contributed by atoms with Gasteiger partial charge in [0, 0.05) is 0 Å². The third kappa shape index (κ3) is 28.7. The van der Waals surface area contributed by atoms with Crippen LogP contribution >= 0.6 is 22.7 Å². The number of aromatic nitrogens is 4. The fourth-order valence-corrected chi connectivity index (χ4v) is 37.0. The Bertz CT molecular complexity index is 5020.